The van der Waals surface area contributed by atoms with Crippen LogP contribution in [0.5, 0.6) is 0 Å². The third kappa shape index (κ3) is 4.45. The van der Waals surface area contributed by atoms with Gasteiger partial charge in [0.1, 0.15) is 0 Å². The maximum absolute atomic E-state index is 10.9. The number of carboxylic acids is 1. The third-order valence-electron chi connectivity index (χ3n) is 2.77. The fraction of sp³-hybridized carbons (Fsp3) is 0.0625. The smallest absolute Gasteiger partial charge is 0.335 e. The third-order valence-corrected chi connectivity index (χ3v) is 2.77. The maximum Gasteiger partial charge on any atom is 0.335 e. The van der Waals surface area contributed by atoms with Gasteiger partial charge < -0.3 is 10.4 Å². The summed E-state index contributed by atoms with van der Waals surface area (Å²) in [6.07, 6.45) is 1.63. The molecular weight excluding hydrogens is 282 g/mol. The predicted octanol–water partition coefficient (Wildman–Crippen LogP) is 2.79. The second-order valence-corrected chi connectivity index (χ2v) is 4.56. The van der Waals surface area contributed by atoms with Crippen LogP contribution in [0.4, 0.5) is 11.4 Å². The van der Waals surface area contributed by atoms with Gasteiger partial charge in [0.25, 0.3) is 0 Å². The molecule has 1 amide bonds. The quantitative estimate of drug-likeness (QED) is 0.584. The van der Waals surface area contributed by atoms with Gasteiger partial charge in [-0.1, -0.05) is 12.1 Å². The number of benzene rings is 2. The summed E-state index contributed by atoms with van der Waals surface area (Å²) in [5, 5.41) is 15.5. The van der Waals surface area contributed by atoms with Gasteiger partial charge in [-0.2, -0.15) is 5.10 Å². The molecule has 0 saturated carbocycles. The predicted molar refractivity (Wildman–Crippen MR) is 85.4 cm³/mol. The fourth-order valence-corrected chi connectivity index (χ4v) is 1.72. The van der Waals surface area contributed by atoms with E-state index < -0.39 is 5.97 Å². The number of amides is 1. The van der Waals surface area contributed by atoms with Crippen LogP contribution in [0.25, 0.3) is 0 Å². The second kappa shape index (κ2) is 7.03. The van der Waals surface area contributed by atoms with Gasteiger partial charge >= 0.3 is 5.97 Å². The van der Waals surface area contributed by atoms with Crippen LogP contribution in [0, 0.1) is 0 Å². The molecule has 2 aromatic carbocycles. The van der Waals surface area contributed by atoms with Crippen molar-refractivity contribution in [3.05, 3.63) is 59.7 Å². The van der Waals surface area contributed by atoms with E-state index in [1.165, 1.54) is 19.1 Å². The Bertz CT molecular complexity index is 692. The zero-order valence-corrected chi connectivity index (χ0v) is 11.9. The summed E-state index contributed by atoms with van der Waals surface area (Å²) < 4.78 is 0. The first-order chi connectivity index (χ1) is 10.5. The number of carbonyl (C=O) groups is 2. The standard InChI is InChI=1S/C16H15N3O3/c1-11(20)18-14-6-2-12(3-7-14)10-17-19-15-8-4-13(5-9-15)16(21)22/h2-10,19H,1H3,(H,18,20)(H,21,22). The highest BCUT2D eigenvalue weighted by Gasteiger charge is 2.00. The normalized spacial score (nSPS) is 10.4. The number of anilines is 2. The Kier molecular flexibility index (Phi) is 4.87. The highest BCUT2D eigenvalue weighted by molar-refractivity contribution is 5.89. The topological polar surface area (TPSA) is 90.8 Å². The van der Waals surface area contributed by atoms with Crippen LogP contribution < -0.4 is 10.7 Å². The molecule has 2 aromatic rings. The molecule has 0 aromatic heterocycles. The fourth-order valence-electron chi connectivity index (χ4n) is 1.72. The van der Waals surface area contributed by atoms with Crippen LogP contribution in [0.1, 0.15) is 22.8 Å². The molecule has 6 heteroatoms. The van der Waals surface area contributed by atoms with Crippen molar-refractivity contribution >= 4 is 29.5 Å². The van der Waals surface area contributed by atoms with Crippen molar-refractivity contribution in [1.82, 2.24) is 0 Å². The van der Waals surface area contributed by atoms with E-state index in [1.807, 2.05) is 12.1 Å². The summed E-state index contributed by atoms with van der Waals surface area (Å²) in [7, 11) is 0. The molecule has 0 saturated heterocycles. The molecule has 0 aliphatic carbocycles. The molecule has 2 rings (SSSR count). The first-order valence-corrected chi connectivity index (χ1v) is 6.55. The van der Waals surface area contributed by atoms with Crippen LogP contribution in [-0.4, -0.2) is 23.2 Å². The van der Waals surface area contributed by atoms with E-state index in [2.05, 4.69) is 15.8 Å². The molecule has 0 atom stereocenters. The maximum atomic E-state index is 10.9. The van der Waals surface area contributed by atoms with Gasteiger partial charge in [-0.25, -0.2) is 4.79 Å². The summed E-state index contributed by atoms with van der Waals surface area (Å²) in [6, 6.07) is 13.5. The summed E-state index contributed by atoms with van der Waals surface area (Å²) >= 11 is 0. The monoisotopic (exact) mass is 297 g/mol. The van der Waals surface area contributed by atoms with Crippen molar-refractivity contribution in [3.63, 3.8) is 0 Å². The van der Waals surface area contributed by atoms with Crippen molar-refractivity contribution in [2.24, 2.45) is 5.10 Å². The second-order valence-electron chi connectivity index (χ2n) is 4.56. The van der Waals surface area contributed by atoms with Gasteiger partial charge in [0.2, 0.25) is 5.91 Å². The van der Waals surface area contributed by atoms with Crippen molar-refractivity contribution in [2.45, 2.75) is 6.92 Å². The zero-order valence-electron chi connectivity index (χ0n) is 11.9. The average molecular weight is 297 g/mol. The molecular formula is C16H15N3O3. The van der Waals surface area contributed by atoms with Crippen LogP contribution >= 0.6 is 0 Å². The summed E-state index contributed by atoms with van der Waals surface area (Å²) in [6.45, 7) is 1.45. The number of hydrazone groups is 1. The van der Waals surface area contributed by atoms with Gasteiger partial charge in [0.05, 0.1) is 17.5 Å². The minimum Gasteiger partial charge on any atom is -0.478 e. The van der Waals surface area contributed by atoms with Gasteiger partial charge in [-0.05, 0) is 42.0 Å². The highest BCUT2D eigenvalue weighted by Crippen LogP contribution is 2.10. The van der Waals surface area contributed by atoms with E-state index in [0.29, 0.717) is 5.69 Å². The first kappa shape index (κ1) is 15.2. The molecule has 0 aliphatic heterocycles. The van der Waals surface area contributed by atoms with Gasteiger partial charge in [0.15, 0.2) is 0 Å². The van der Waals surface area contributed by atoms with Gasteiger partial charge in [0, 0.05) is 12.6 Å². The molecule has 0 bridgehead atoms. The number of aromatic carboxylic acids is 1. The molecule has 112 valence electrons. The van der Waals surface area contributed by atoms with E-state index >= 15 is 0 Å². The van der Waals surface area contributed by atoms with Crippen molar-refractivity contribution in [2.75, 3.05) is 10.7 Å². The lowest BCUT2D eigenvalue weighted by molar-refractivity contribution is -0.114. The Labute approximate surface area is 127 Å². The van der Waals surface area contributed by atoms with E-state index in [9.17, 15) is 9.59 Å². The van der Waals surface area contributed by atoms with Crippen LogP contribution in [-0.2, 0) is 4.79 Å². The number of hydrogen-bond donors (Lipinski definition) is 3. The molecule has 0 unspecified atom stereocenters. The molecule has 22 heavy (non-hydrogen) atoms. The van der Waals surface area contributed by atoms with Crippen LogP contribution in [0.2, 0.25) is 0 Å². The molecule has 0 aliphatic rings. The van der Waals surface area contributed by atoms with E-state index in [4.69, 9.17) is 5.11 Å². The molecule has 0 heterocycles. The summed E-state index contributed by atoms with van der Waals surface area (Å²) in [5.41, 5.74) is 5.32. The molecule has 0 radical (unpaired) electrons. The summed E-state index contributed by atoms with van der Waals surface area (Å²) in [5.74, 6) is -1.08. The Hall–Kier alpha value is -3.15. The minimum atomic E-state index is -0.964. The Morgan fingerprint density at radius 2 is 1.59 bits per heavy atom. The number of carbonyl (C=O) groups excluding carboxylic acids is 1. The van der Waals surface area contributed by atoms with Crippen LogP contribution in [0.3, 0.4) is 0 Å². The number of nitrogens with zero attached hydrogens (tertiary/aromatic N) is 1. The number of nitrogens with one attached hydrogen (secondary N) is 2. The van der Waals surface area contributed by atoms with Gasteiger partial charge in [-0.3, -0.25) is 10.2 Å². The SMILES string of the molecule is CC(=O)Nc1ccc(C=NNc2ccc(C(=O)O)cc2)cc1. The number of hydrogen-bond acceptors (Lipinski definition) is 4. The highest BCUT2D eigenvalue weighted by atomic mass is 16.4. The van der Waals surface area contributed by atoms with Crippen molar-refractivity contribution in [1.29, 1.82) is 0 Å². The first-order valence-electron chi connectivity index (χ1n) is 6.55. The van der Waals surface area contributed by atoms with E-state index in [0.717, 1.165) is 11.3 Å². The molecule has 6 nitrogen and oxygen atoms in total. The lowest BCUT2D eigenvalue weighted by Crippen LogP contribution is -2.05. The molecule has 0 fully saturated rings. The minimum absolute atomic E-state index is 0.118. The Balaban J connectivity index is 1.94. The lowest BCUT2D eigenvalue weighted by atomic mass is 10.2. The van der Waals surface area contributed by atoms with Crippen molar-refractivity contribution in [3.8, 4) is 0 Å². The lowest BCUT2D eigenvalue weighted by Gasteiger charge is -2.02. The Morgan fingerprint density at radius 1 is 1.00 bits per heavy atom. The molecule has 3 N–H and O–H groups in total. The van der Waals surface area contributed by atoms with Gasteiger partial charge in [-0.15, -0.1) is 0 Å². The van der Waals surface area contributed by atoms with E-state index in [-0.39, 0.29) is 11.5 Å². The van der Waals surface area contributed by atoms with Crippen molar-refractivity contribution < 1.29 is 14.7 Å². The van der Waals surface area contributed by atoms with E-state index in [1.54, 1.807) is 30.5 Å². The zero-order chi connectivity index (χ0) is 15.9. The number of rotatable bonds is 5. The Morgan fingerprint density at radius 3 is 2.14 bits per heavy atom. The number of carboxylic acid groups (broad SMARTS) is 1. The van der Waals surface area contributed by atoms with Crippen LogP contribution in [0.15, 0.2) is 53.6 Å². The summed E-state index contributed by atoms with van der Waals surface area (Å²) in [4.78, 5) is 21.6. The molecule has 0 spiro atoms. The average Bonchev–Trinajstić information content (AvgIpc) is 2.49. The largest absolute Gasteiger partial charge is 0.478 e.